The Hall–Kier alpha value is -2.15. The zero-order valence-electron chi connectivity index (χ0n) is 10.7. The van der Waals surface area contributed by atoms with Gasteiger partial charge in [0.25, 0.3) is 0 Å². The highest BCUT2D eigenvalue weighted by atomic mass is 31.2. The molecular formula is C12H11O8P. The summed E-state index contributed by atoms with van der Waals surface area (Å²) in [7, 11) is -4.55. The molecule has 0 saturated carbocycles. The summed E-state index contributed by atoms with van der Waals surface area (Å²) < 4.78 is 20.7. The molecule has 0 aliphatic rings. The van der Waals surface area contributed by atoms with Crippen molar-refractivity contribution >= 4 is 30.5 Å². The summed E-state index contributed by atoms with van der Waals surface area (Å²) in [4.78, 5) is 40.3. The number of carbonyl (C=O) groups excluding carboxylic acids is 1. The van der Waals surface area contributed by atoms with Crippen molar-refractivity contribution in [1.82, 2.24) is 0 Å². The first-order valence-electron chi connectivity index (χ1n) is 5.71. The molecule has 0 spiro atoms. The summed E-state index contributed by atoms with van der Waals surface area (Å²) >= 11 is 0. The van der Waals surface area contributed by atoms with Gasteiger partial charge in [0.05, 0.1) is 5.56 Å². The number of ether oxygens (including phenoxy) is 1. The minimum absolute atomic E-state index is 0.0136. The highest BCUT2D eigenvalue weighted by Gasteiger charge is 2.29. The molecular weight excluding hydrogens is 303 g/mol. The Balaban J connectivity index is 2.28. The Morgan fingerprint density at radius 3 is 2.52 bits per heavy atom. The zero-order valence-corrected chi connectivity index (χ0v) is 11.6. The first-order chi connectivity index (χ1) is 9.68. The number of esters is 1. The number of hydrogen-bond acceptors (Lipinski definition) is 5. The molecule has 0 bridgehead atoms. The quantitative estimate of drug-likeness (QED) is 0.574. The van der Waals surface area contributed by atoms with Crippen LogP contribution >= 0.6 is 7.60 Å². The topological polar surface area (TPSA) is 134 Å². The lowest BCUT2D eigenvalue weighted by Gasteiger charge is -2.12. The summed E-state index contributed by atoms with van der Waals surface area (Å²) in [5, 5.41) is 9.32. The fourth-order valence-corrected chi connectivity index (χ4v) is 1.78. The monoisotopic (exact) mass is 314 g/mol. The van der Waals surface area contributed by atoms with Crippen molar-refractivity contribution in [2.24, 2.45) is 0 Å². The van der Waals surface area contributed by atoms with Crippen LogP contribution in [-0.2, 0) is 9.30 Å². The maximum atomic E-state index is 11.7. The number of carboxylic acids is 1. The normalized spacial score (nSPS) is 13.1. The van der Waals surface area contributed by atoms with Crippen LogP contribution in [0.1, 0.15) is 27.8 Å². The highest BCUT2D eigenvalue weighted by Crippen LogP contribution is 2.41. The molecule has 1 aromatic carbocycles. The zero-order chi connectivity index (χ0) is 15.8. The van der Waals surface area contributed by atoms with Gasteiger partial charge >= 0.3 is 19.5 Å². The van der Waals surface area contributed by atoms with E-state index in [2.05, 4.69) is 4.74 Å². The third-order valence-electron chi connectivity index (χ3n) is 2.72. The Morgan fingerprint density at radius 1 is 1.29 bits per heavy atom. The molecule has 1 atom stereocenters. The maximum Gasteiger partial charge on any atom is 0.375 e. The van der Waals surface area contributed by atoms with Gasteiger partial charge in [0.15, 0.2) is 5.85 Å². The van der Waals surface area contributed by atoms with Gasteiger partial charge in [-0.05, 0) is 25.1 Å². The van der Waals surface area contributed by atoms with Crippen LogP contribution < -0.4 is 0 Å². The van der Waals surface area contributed by atoms with E-state index in [9.17, 15) is 14.2 Å². The van der Waals surface area contributed by atoms with Crippen molar-refractivity contribution in [2.75, 3.05) is 0 Å². The number of benzene rings is 1. The van der Waals surface area contributed by atoms with E-state index in [-0.39, 0.29) is 16.9 Å². The maximum absolute atomic E-state index is 11.7. The van der Waals surface area contributed by atoms with Gasteiger partial charge in [0.1, 0.15) is 5.58 Å². The fraction of sp³-hybridized carbons (Fsp3) is 0.167. The van der Waals surface area contributed by atoms with Gasteiger partial charge in [-0.25, -0.2) is 9.59 Å². The lowest BCUT2D eigenvalue weighted by molar-refractivity contribution is 0.0395. The molecule has 112 valence electrons. The van der Waals surface area contributed by atoms with Gasteiger partial charge in [-0.2, -0.15) is 0 Å². The third-order valence-corrected chi connectivity index (χ3v) is 3.77. The van der Waals surface area contributed by atoms with Gasteiger partial charge < -0.3 is 24.0 Å². The summed E-state index contributed by atoms with van der Waals surface area (Å²) in [6.45, 7) is 1.06. The van der Waals surface area contributed by atoms with E-state index < -0.39 is 25.4 Å². The number of carbonyl (C=O) groups is 2. The van der Waals surface area contributed by atoms with Crippen LogP contribution in [0, 0.1) is 0 Å². The van der Waals surface area contributed by atoms with Crippen LogP contribution in [0.3, 0.4) is 0 Å². The van der Waals surface area contributed by atoms with Crippen molar-refractivity contribution in [3.8, 4) is 0 Å². The van der Waals surface area contributed by atoms with Crippen molar-refractivity contribution in [2.45, 2.75) is 12.8 Å². The van der Waals surface area contributed by atoms with Crippen molar-refractivity contribution in [3.05, 3.63) is 35.6 Å². The molecule has 0 amide bonds. The molecule has 2 rings (SSSR count). The lowest BCUT2D eigenvalue weighted by atomic mass is 10.2. The van der Waals surface area contributed by atoms with Gasteiger partial charge in [-0.1, -0.05) is 6.07 Å². The molecule has 0 radical (unpaired) electrons. The van der Waals surface area contributed by atoms with E-state index in [1.54, 1.807) is 0 Å². The first kappa shape index (κ1) is 15.2. The number of carboxylic acid groups (broad SMARTS) is 1. The SMILES string of the molecule is CC(OC(=O)c1cc2ccc(C(=O)O)cc2o1)P(=O)(O)O. The molecule has 2 aromatic rings. The molecule has 0 aliphatic heterocycles. The van der Waals surface area contributed by atoms with Gasteiger partial charge in [0.2, 0.25) is 5.76 Å². The Labute approximate surface area is 118 Å². The van der Waals surface area contributed by atoms with Gasteiger partial charge in [0, 0.05) is 5.39 Å². The number of hydrogen-bond donors (Lipinski definition) is 3. The Bertz CT molecular complexity index is 756. The number of furan rings is 1. The second-order valence-corrected chi connectivity index (χ2v) is 6.17. The van der Waals surface area contributed by atoms with Crippen molar-refractivity contribution in [3.63, 3.8) is 0 Å². The molecule has 0 aliphatic carbocycles. The standard InChI is InChI=1S/C12H11O8P/c1-6(21(16,17)18)19-12(15)10-4-7-2-3-8(11(13)14)5-9(7)20-10/h2-6H,1H3,(H,13,14)(H2,16,17,18). The molecule has 1 heterocycles. The van der Waals surface area contributed by atoms with E-state index in [0.717, 1.165) is 6.92 Å². The summed E-state index contributed by atoms with van der Waals surface area (Å²) in [6, 6.07) is 5.33. The van der Waals surface area contributed by atoms with E-state index in [1.807, 2.05) is 0 Å². The fourth-order valence-electron chi connectivity index (χ4n) is 1.55. The van der Waals surface area contributed by atoms with E-state index in [4.69, 9.17) is 19.3 Å². The molecule has 8 nitrogen and oxygen atoms in total. The smallest absolute Gasteiger partial charge is 0.375 e. The average molecular weight is 314 g/mol. The number of rotatable bonds is 4. The molecule has 21 heavy (non-hydrogen) atoms. The Kier molecular flexibility index (Phi) is 3.87. The molecule has 9 heteroatoms. The third kappa shape index (κ3) is 3.30. The first-order valence-corrected chi connectivity index (χ1v) is 7.39. The lowest BCUT2D eigenvalue weighted by Crippen LogP contribution is -2.14. The summed E-state index contributed by atoms with van der Waals surface area (Å²) in [5.74, 6) is -4.06. The average Bonchev–Trinajstić information content (AvgIpc) is 2.80. The van der Waals surface area contributed by atoms with Crippen LogP contribution in [0.25, 0.3) is 11.0 Å². The van der Waals surface area contributed by atoms with E-state index >= 15 is 0 Å². The minimum Gasteiger partial charge on any atom is -0.478 e. The Morgan fingerprint density at radius 2 is 1.95 bits per heavy atom. The highest BCUT2D eigenvalue weighted by molar-refractivity contribution is 7.52. The number of aromatic carboxylic acids is 1. The molecule has 3 N–H and O–H groups in total. The predicted octanol–water partition coefficient (Wildman–Crippen LogP) is 1.81. The van der Waals surface area contributed by atoms with Crippen molar-refractivity contribution < 1.29 is 38.2 Å². The molecule has 0 saturated heterocycles. The molecule has 0 fully saturated rings. The number of fused-ring (bicyclic) bond motifs is 1. The molecule has 1 unspecified atom stereocenters. The largest absolute Gasteiger partial charge is 0.478 e. The van der Waals surface area contributed by atoms with Crippen molar-refractivity contribution in [1.29, 1.82) is 0 Å². The van der Waals surface area contributed by atoms with Crippen LogP contribution in [0.5, 0.6) is 0 Å². The van der Waals surface area contributed by atoms with E-state index in [0.29, 0.717) is 5.39 Å². The summed E-state index contributed by atoms with van der Waals surface area (Å²) in [5.41, 5.74) is 0.144. The minimum atomic E-state index is -4.55. The second-order valence-electron chi connectivity index (χ2n) is 4.26. The van der Waals surface area contributed by atoms with Gasteiger partial charge in [-0.15, -0.1) is 0 Å². The predicted molar refractivity (Wildman–Crippen MR) is 70.1 cm³/mol. The van der Waals surface area contributed by atoms with Crippen LogP contribution in [0.2, 0.25) is 0 Å². The summed E-state index contributed by atoms with van der Waals surface area (Å²) in [6.07, 6.45) is 0. The second kappa shape index (κ2) is 5.33. The van der Waals surface area contributed by atoms with E-state index in [1.165, 1.54) is 24.3 Å². The van der Waals surface area contributed by atoms with Crippen LogP contribution in [0.15, 0.2) is 28.7 Å². The van der Waals surface area contributed by atoms with Gasteiger partial charge in [-0.3, -0.25) is 4.57 Å². The molecule has 1 aromatic heterocycles. The van der Waals surface area contributed by atoms with Crippen LogP contribution in [0.4, 0.5) is 0 Å². The van der Waals surface area contributed by atoms with Crippen LogP contribution in [-0.4, -0.2) is 32.7 Å².